The molecule has 0 aliphatic heterocycles. The zero-order valence-corrected chi connectivity index (χ0v) is 37.5. The molecule has 1 unspecified atom stereocenters. The van der Waals surface area contributed by atoms with Crippen molar-refractivity contribution in [3.05, 3.63) is 52.7 Å². The number of aromatic hydroxyl groups is 1. The van der Waals surface area contributed by atoms with Crippen molar-refractivity contribution >= 4 is 79.7 Å². The van der Waals surface area contributed by atoms with Gasteiger partial charge in [-0.05, 0) is 183 Å². The fraction of sp³-hybridized carbons (Fsp3) is 0.632. The highest BCUT2D eigenvalue weighted by Gasteiger charge is 2.37. The molecule has 1 aliphatic carbocycles. The molecule has 0 aromatic heterocycles. The van der Waals surface area contributed by atoms with E-state index in [0.717, 1.165) is 49.4 Å². The lowest BCUT2D eigenvalue weighted by Gasteiger charge is -2.29. The Morgan fingerprint density at radius 1 is 0.917 bits per heavy atom. The van der Waals surface area contributed by atoms with Crippen LogP contribution in [0, 0.1) is 21.5 Å². The molecule has 0 saturated heterocycles. The Kier molecular flexibility index (Phi) is 22.4. The molecule has 3 rings (SSSR count). The predicted molar refractivity (Wildman–Crippen MR) is 221 cm³/mol. The van der Waals surface area contributed by atoms with Gasteiger partial charge in [-0.3, -0.25) is 9.59 Å². The average Bonchev–Trinajstić information content (AvgIpc) is 3.46. The van der Waals surface area contributed by atoms with E-state index in [1.807, 2.05) is 79.9 Å². The first kappa shape index (κ1) is 47.1. The number of carbonyl (C=O) groups excluding carboxylic acids is 2. The number of benzene rings is 2. The van der Waals surface area contributed by atoms with E-state index in [1.165, 1.54) is 23.3 Å². The van der Waals surface area contributed by atoms with Crippen molar-refractivity contribution in [2.24, 2.45) is 10.8 Å². The number of halogens is 3. The van der Waals surface area contributed by atoms with Crippen molar-refractivity contribution in [1.82, 2.24) is 0 Å². The molecule has 10 heteroatoms. The van der Waals surface area contributed by atoms with E-state index in [0.29, 0.717) is 18.3 Å². The van der Waals surface area contributed by atoms with Crippen LogP contribution in [-0.2, 0) is 19.1 Å². The Bertz CT molecular complexity index is 1220. The number of likely N-dealkylation sites (N-methyl/N-ethyl adjacent to an activating group) is 1. The number of hydrogen-bond acceptors (Lipinski definition) is 6. The average molecular weight is 1010 g/mol. The largest absolute Gasteiger partial charge is 0.871 e. The van der Waals surface area contributed by atoms with Crippen LogP contribution in [0.1, 0.15) is 119 Å². The van der Waals surface area contributed by atoms with E-state index >= 15 is 0 Å². The minimum Gasteiger partial charge on any atom is -0.871 e. The van der Waals surface area contributed by atoms with Crippen molar-refractivity contribution in [2.45, 2.75) is 119 Å². The Hall–Kier alpha value is -0.870. The Labute approximate surface area is 332 Å². The van der Waals surface area contributed by atoms with Gasteiger partial charge in [0, 0.05) is 10.7 Å². The number of carbonyl (C=O) groups is 2. The first-order valence-corrected chi connectivity index (χ1v) is 20.2. The lowest BCUT2D eigenvalue weighted by Crippen LogP contribution is -3.06. The van der Waals surface area contributed by atoms with E-state index in [4.69, 9.17) is 14.6 Å². The third kappa shape index (κ3) is 18.4. The maximum absolute atomic E-state index is 11.8. The number of phenolic OH excluding ortho intramolecular Hbond substituents is 1. The summed E-state index contributed by atoms with van der Waals surface area (Å²) in [5.41, 5.74) is 0.460. The number of hydrogen-bond donors (Lipinski definition) is 2. The minimum atomic E-state index is -0.332. The van der Waals surface area contributed by atoms with E-state index in [2.05, 4.69) is 88.5 Å². The van der Waals surface area contributed by atoms with Crippen LogP contribution in [0.5, 0.6) is 11.5 Å². The molecule has 7 nitrogen and oxygen atoms in total. The van der Waals surface area contributed by atoms with Crippen LogP contribution in [0.2, 0.25) is 0 Å². The van der Waals surface area contributed by atoms with Crippen LogP contribution in [0.25, 0.3) is 0 Å². The van der Waals surface area contributed by atoms with Gasteiger partial charge in [-0.1, -0.05) is 45.6 Å². The highest BCUT2D eigenvalue weighted by atomic mass is 127. The molecule has 2 aromatic carbocycles. The molecular formula is C38H60I3NO6. The number of quaternary nitrogens is 1. The summed E-state index contributed by atoms with van der Waals surface area (Å²) in [5, 5.41) is 20.1. The zero-order valence-electron chi connectivity index (χ0n) is 31.0. The molecule has 1 atom stereocenters. The normalized spacial score (nSPS) is 14.3. The predicted octanol–water partition coefficient (Wildman–Crippen LogP) is 8.89. The van der Waals surface area contributed by atoms with Crippen molar-refractivity contribution in [2.75, 3.05) is 27.2 Å². The number of ether oxygens (including phenoxy) is 2. The standard InChI is InChI=1S/C12H22O2.C10H21NO2.C10H14O.C6H3I3O/c1-5-11(2,3)10(13)14-12(4)8-6-7-9-12;1-6-10(2,3)9(12)13-8-7-11(4)5;1-3-8(2)9-4-6-10(11)7-5-9;7-3-1-4(8)6(10)5(9)2-3/h5-9H2,1-4H3;6-8H2,1-5H3;4-8,11H,3H2,1-2H3;1-2,10H. The second-order valence-corrected chi connectivity index (χ2v) is 17.8. The molecule has 0 heterocycles. The van der Waals surface area contributed by atoms with Crippen molar-refractivity contribution in [3.63, 3.8) is 0 Å². The molecule has 0 radical (unpaired) electrons. The van der Waals surface area contributed by atoms with Crippen LogP contribution in [0.3, 0.4) is 0 Å². The van der Waals surface area contributed by atoms with Gasteiger partial charge in [0.2, 0.25) is 0 Å². The maximum Gasteiger partial charge on any atom is 0.312 e. The Balaban J connectivity index is 0.000000618. The van der Waals surface area contributed by atoms with Crippen LogP contribution < -0.4 is 10.0 Å². The van der Waals surface area contributed by atoms with E-state index < -0.39 is 0 Å². The van der Waals surface area contributed by atoms with E-state index in [1.54, 1.807) is 12.1 Å². The van der Waals surface area contributed by atoms with Gasteiger partial charge in [-0.15, -0.1) is 0 Å². The van der Waals surface area contributed by atoms with Gasteiger partial charge in [-0.25, -0.2) is 0 Å². The van der Waals surface area contributed by atoms with Gasteiger partial charge in [-0.2, -0.15) is 0 Å². The smallest absolute Gasteiger partial charge is 0.312 e. The highest BCUT2D eigenvalue weighted by Crippen LogP contribution is 2.35. The third-order valence-corrected chi connectivity index (χ3v) is 11.0. The van der Waals surface area contributed by atoms with Crippen molar-refractivity contribution < 1.29 is 34.2 Å². The lowest BCUT2D eigenvalue weighted by atomic mass is 9.90. The van der Waals surface area contributed by atoms with Crippen LogP contribution >= 0.6 is 67.8 Å². The topological polar surface area (TPSA) is 100 Å². The van der Waals surface area contributed by atoms with Crippen LogP contribution in [0.15, 0.2) is 36.4 Å². The van der Waals surface area contributed by atoms with Gasteiger partial charge in [0.15, 0.2) is 0 Å². The molecule has 2 aromatic rings. The fourth-order valence-corrected chi connectivity index (χ4v) is 7.57. The van der Waals surface area contributed by atoms with Crippen molar-refractivity contribution in [1.29, 1.82) is 0 Å². The minimum absolute atomic E-state index is 0.0376. The molecule has 48 heavy (non-hydrogen) atoms. The molecule has 0 bridgehead atoms. The zero-order chi connectivity index (χ0) is 37.3. The number of rotatable bonds is 10. The lowest BCUT2D eigenvalue weighted by molar-refractivity contribution is -0.858. The summed E-state index contributed by atoms with van der Waals surface area (Å²) in [6, 6.07) is 11.2. The van der Waals surface area contributed by atoms with Crippen LogP contribution in [-0.4, -0.2) is 49.9 Å². The molecule has 2 N–H and O–H groups in total. The van der Waals surface area contributed by atoms with E-state index in [9.17, 15) is 14.7 Å². The highest BCUT2D eigenvalue weighted by molar-refractivity contribution is 14.1. The van der Waals surface area contributed by atoms with Gasteiger partial charge in [0.05, 0.1) is 24.9 Å². The fourth-order valence-electron chi connectivity index (χ4n) is 3.99. The van der Waals surface area contributed by atoms with Gasteiger partial charge >= 0.3 is 11.9 Å². The summed E-state index contributed by atoms with van der Waals surface area (Å²) < 4.78 is 13.5. The van der Waals surface area contributed by atoms with E-state index in [-0.39, 0.29) is 34.1 Å². The molecule has 1 aliphatic rings. The summed E-state index contributed by atoms with van der Waals surface area (Å²) in [6.45, 7) is 19.6. The second-order valence-electron chi connectivity index (χ2n) is 14.2. The third-order valence-electron chi connectivity index (χ3n) is 8.75. The number of esters is 2. The van der Waals surface area contributed by atoms with Gasteiger partial charge < -0.3 is 24.6 Å². The number of nitrogens with one attached hydrogen (secondary N) is 1. The molecular weight excluding hydrogens is 947 g/mol. The quantitative estimate of drug-likeness (QED) is 0.182. The summed E-state index contributed by atoms with van der Waals surface area (Å²) in [4.78, 5) is 24.6. The summed E-state index contributed by atoms with van der Waals surface area (Å²) in [6.07, 6.45) is 7.23. The summed E-state index contributed by atoms with van der Waals surface area (Å²) >= 11 is 6.31. The molecule has 0 amide bonds. The first-order valence-electron chi connectivity index (χ1n) is 16.9. The van der Waals surface area contributed by atoms with Gasteiger partial charge in [0.1, 0.15) is 24.5 Å². The molecule has 1 saturated carbocycles. The summed E-state index contributed by atoms with van der Waals surface area (Å²) in [5.74, 6) is 0.954. The molecule has 0 spiro atoms. The molecule has 274 valence electrons. The maximum atomic E-state index is 11.8. The Morgan fingerprint density at radius 3 is 1.79 bits per heavy atom. The summed E-state index contributed by atoms with van der Waals surface area (Å²) in [7, 11) is 4.08. The molecule has 1 fully saturated rings. The number of phenols is 1. The monoisotopic (exact) mass is 1010 g/mol. The van der Waals surface area contributed by atoms with Crippen molar-refractivity contribution in [3.8, 4) is 11.5 Å². The Morgan fingerprint density at radius 2 is 1.38 bits per heavy atom. The first-order chi connectivity index (χ1) is 22.1. The van der Waals surface area contributed by atoms with Crippen LogP contribution in [0.4, 0.5) is 0 Å². The second kappa shape index (κ2) is 22.8. The van der Waals surface area contributed by atoms with Gasteiger partial charge in [0.25, 0.3) is 0 Å². The SMILES string of the molecule is CCC(C)(C)C(=O)OC1(C)CCCC1.CCC(C)(C)C(=O)OCC[NH+](C)C.CCC(C)c1ccc(O)cc1.[O-]c1c(I)cc(I)cc1I.